The van der Waals surface area contributed by atoms with Crippen LogP contribution < -0.4 is 5.73 Å². The smallest absolute Gasteiger partial charge is 0.256 e. The van der Waals surface area contributed by atoms with Crippen molar-refractivity contribution in [2.24, 2.45) is 0 Å². The number of carbonyl (C=O) groups excluding carboxylic acids is 1. The lowest BCUT2D eigenvalue weighted by Gasteiger charge is -2.35. The number of nitrogens with zero attached hydrogens (tertiary/aromatic N) is 1. The summed E-state index contributed by atoms with van der Waals surface area (Å²) >= 11 is 0. The maximum atomic E-state index is 12.5. The largest absolute Gasteiger partial charge is 0.398 e. The second-order valence-electron chi connectivity index (χ2n) is 5.71. The summed E-state index contributed by atoms with van der Waals surface area (Å²) in [5.74, 6) is 0.165. The van der Waals surface area contributed by atoms with E-state index in [1.807, 2.05) is 12.1 Å². The van der Waals surface area contributed by atoms with Crippen LogP contribution in [0.25, 0.3) is 0 Å². The summed E-state index contributed by atoms with van der Waals surface area (Å²) in [6.07, 6.45) is 4.76. The van der Waals surface area contributed by atoms with Crippen molar-refractivity contribution >= 4 is 11.6 Å². The molecule has 1 spiro atoms. The molecule has 3 aliphatic rings. The van der Waals surface area contributed by atoms with Crippen molar-refractivity contribution in [2.45, 2.75) is 37.1 Å². The Hall–Kier alpha value is -1.51. The van der Waals surface area contributed by atoms with Crippen LogP contribution in [0.4, 0.5) is 5.69 Å². The van der Waals surface area contributed by atoms with E-state index in [1.165, 1.54) is 31.2 Å². The van der Waals surface area contributed by atoms with Crippen LogP contribution >= 0.6 is 0 Å². The van der Waals surface area contributed by atoms with Crippen LogP contribution in [0.2, 0.25) is 0 Å². The van der Waals surface area contributed by atoms with Gasteiger partial charge in [0.05, 0.1) is 5.56 Å². The zero-order valence-electron chi connectivity index (χ0n) is 9.78. The molecule has 2 fully saturated rings. The van der Waals surface area contributed by atoms with E-state index in [2.05, 4.69) is 11.0 Å². The molecule has 17 heavy (non-hydrogen) atoms. The summed E-state index contributed by atoms with van der Waals surface area (Å²) < 4.78 is 0. The minimum Gasteiger partial charge on any atom is -0.398 e. The average molecular weight is 228 g/mol. The van der Waals surface area contributed by atoms with E-state index in [4.69, 9.17) is 5.73 Å². The van der Waals surface area contributed by atoms with Gasteiger partial charge < -0.3 is 10.6 Å². The average Bonchev–Trinajstić information content (AvgIpc) is 3.19. The fourth-order valence-electron chi connectivity index (χ4n) is 3.14. The molecular weight excluding hydrogens is 212 g/mol. The summed E-state index contributed by atoms with van der Waals surface area (Å²) in [7, 11) is 0. The Kier molecular flexibility index (Phi) is 1.59. The third-order valence-corrected chi connectivity index (χ3v) is 4.46. The topological polar surface area (TPSA) is 46.3 Å². The molecule has 2 aliphatic carbocycles. The normalized spacial score (nSPS) is 24.9. The number of rotatable bonds is 1. The van der Waals surface area contributed by atoms with E-state index in [1.54, 1.807) is 0 Å². The van der Waals surface area contributed by atoms with Crippen molar-refractivity contribution in [3.63, 3.8) is 0 Å². The predicted molar refractivity (Wildman–Crippen MR) is 65.8 cm³/mol. The van der Waals surface area contributed by atoms with Gasteiger partial charge in [0, 0.05) is 23.7 Å². The van der Waals surface area contributed by atoms with Crippen LogP contribution in [0.15, 0.2) is 18.2 Å². The lowest BCUT2D eigenvalue weighted by molar-refractivity contribution is 0.0700. The summed E-state index contributed by atoms with van der Waals surface area (Å²) in [5, 5.41) is 0. The van der Waals surface area contributed by atoms with Gasteiger partial charge in [-0.15, -0.1) is 0 Å². The van der Waals surface area contributed by atoms with Gasteiger partial charge in [-0.1, -0.05) is 12.1 Å². The number of fused-ring (bicyclic) bond motifs is 2. The molecule has 1 heterocycles. The van der Waals surface area contributed by atoms with Crippen molar-refractivity contribution < 1.29 is 4.79 Å². The molecule has 1 aromatic rings. The van der Waals surface area contributed by atoms with E-state index < -0.39 is 0 Å². The number of hydrogen-bond donors (Lipinski definition) is 1. The number of anilines is 1. The lowest BCUT2D eigenvalue weighted by Crippen LogP contribution is -2.45. The highest BCUT2D eigenvalue weighted by Gasteiger charge is 2.54. The number of nitrogen functional groups attached to an aromatic ring is 1. The van der Waals surface area contributed by atoms with Gasteiger partial charge in [-0.2, -0.15) is 0 Å². The lowest BCUT2D eigenvalue weighted by atomic mass is 9.85. The fraction of sp³-hybridized carbons (Fsp3) is 0.500. The third-order valence-electron chi connectivity index (χ3n) is 4.46. The Balaban J connectivity index is 1.89. The van der Waals surface area contributed by atoms with Gasteiger partial charge in [0.25, 0.3) is 5.91 Å². The molecule has 2 saturated carbocycles. The van der Waals surface area contributed by atoms with Crippen LogP contribution in [0.1, 0.15) is 41.6 Å². The fourth-order valence-corrected chi connectivity index (χ4v) is 3.14. The quantitative estimate of drug-likeness (QED) is 0.746. The molecule has 2 N–H and O–H groups in total. The van der Waals surface area contributed by atoms with Crippen LogP contribution in [-0.4, -0.2) is 23.4 Å². The summed E-state index contributed by atoms with van der Waals surface area (Å²) in [4.78, 5) is 14.6. The highest BCUT2D eigenvalue weighted by atomic mass is 16.2. The van der Waals surface area contributed by atoms with Crippen LogP contribution in [-0.2, 0) is 5.41 Å². The molecule has 0 atom stereocenters. The summed E-state index contributed by atoms with van der Waals surface area (Å²) in [6, 6.07) is 6.42. The molecule has 0 bridgehead atoms. The molecule has 3 nitrogen and oxygen atoms in total. The Morgan fingerprint density at radius 2 is 2.06 bits per heavy atom. The van der Waals surface area contributed by atoms with E-state index >= 15 is 0 Å². The first-order chi connectivity index (χ1) is 8.21. The van der Waals surface area contributed by atoms with Crippen molar-refractivity contribution in [1.29, 1.82) is 0 Å². The number of carbonyl (C=O) groups is 1. The SMILES string of the molecule is Nc1cccc2c1C(=O)N(C1CC1)CC21CC1. The van der Waals surface area contributed by atoms with E-state index in [-0.39, 0.29) is 11.3 Å². The number of hydrogen-bond acceptors (Lipinski definition) is 2. The molecule has 88 valence electrons. The van der Waals surface area contributed by atoms with E-state index in [0.717, 1.165) is 12.1 Å². The highest BCUT2D eigenvalue weighted by Crippen LogP contribution is 2.54. The van der Waals surface area contributed by atoms with Gasteiger partial charge in [0.15, 0.2) is 0 Å². The second-order valence-corrected chi connectivity index (χ2v) is 5.71. The van der Waals surface area contributed by atoms with Crippen LogP contribution in [0, 0.1) is 0 Å². The zero-order chi connectivity index (χ0) is 11.6. The second kappa shape index (κ2) is 2.84. The van der Waals surface area contributed by atoms with Gasteiger partial charge in [-0.05, 0) is 37.3 Å². The predicted octanol–water partition coefficient (Wildman–Crippen LogP) is 1.92. The maximum absolute atomic E-state index is 12.5. The summed E-state index contributed by atoms with van der Waals surface area (Å²) in [5.41, 5.74) is 8.93. The molecule has 0 radical (unpaired) electrons. The van der Waals surface area contributed by atoms with Crippen LogP contribution in [0.5, 0.6) is 0 Å². The molecule has 1 aliphatic heterocycles. The van der Waals surface area contributed by atoms with E-state index in [9.17, 15) is 4.79 Å². The van der Waals surface area contributed by atoms with Gasteiger partial charge >= 0.3 is 0 Å². The van der Waals surface area contributed by atoms with Gasteiger partial charge in [-0.25, -0.2) is 0 Å². The van der Waals surface area contributed by atoms with Gasteiger partial charge in [0.1, 0.15) is 0 Å². The number of amides is 1. The molecule has 0 aromatic heterocycles. The van der Waals surface area contributed by atoms with Crippen LogP contribution in [0.3, 0.4) is 0 Å². The van der Waals surface area contributed by atoms with Crippen molar-refractivity contribution in [3.8, 4) is 0 Å². The van der Waals surface area contributed by atoms with Crippen molar-refractivity contribution in [3.05, 3.63) is 29.3 Å². The first-order valence-corrected chi connectivity index (χ1v) is 6.41. The Morgan fingerprint density at radius 1 is 1.29 bits per heavy atom. The first kappa shape index (κ1) is 9.51. The Labute approximate surface area is 101 Å². The van der Waals surface area contributed by atoms with Gasteiger partial charge in [0.2, 0.25) is 0 Å². The molecule has 0 unspecified atom stereocenters. The Morgan fingerprint density at radius 3 is 2.71 bits per heavy atom. The number of benzene rings is 1. The Bertz CT molecular complexity index is 515. The standard InChI is InChI=1S/C14H16N2O/c15-11-3-1-2-10-12(11)13(17)16(9-4-5-9)8-14(10)6-7-14/h1-3,9H,4-8,15H2. The molecule has 4 rings (SSSR count). The minimum absolute atomic E-state index is 0.165. The molecular formula is C14H16N2O. The van der Waals surface area contributed by atoms with E-state index in [0.29, 0.717) is 11.7 Å². The zero-order valence-corrected chi connectivity index (χ0v) is 9.78. The molecule has 1 aromatic carbocycles. The molecule has 3 heteroatoms. The highest BCUT2D eigenvalue weighted by molar-refractivity contribution is 6.02. The van der Waals surface area contributed by atoms with Crippen molar-refractivity contribution in [1.82, 2.24) is 4.90 Å². The third kappa shape index (κ3) is 1.20. The monoisotopic (exact) mass is 228 g/mol. The maximum Gasteiger partial charge on any atom is 0.256 e. The van der Waals surface area contributed by atoms with Gasteiger partial charge in [-0.3, -0.25) is 4.79 Å². The van der Waals surface area contributed by atoms with Crippen molar-refractivity contribution in [2.75, 3.05) is 12.3 Å². The molecule has 0 saturated heterocycles. The first-order valence-electron chi connectivity index (χ1n) is 6.41. The minimum atomic E-state index is 0.165. The molecule has 1 amide bonds. The summed E-state index contributed by atoms with van der Waals surface area (Å²) in [6.45, 7) is 0.924. The number of nitrogens with two attached hydrogens (primary N) is 1.